The van der Waals surface area contributed by atoms with E-state index in [1.165, 1.54) is 0 Å². The first-order valence-electron chi connectivity index (χ1n) is 6.43. The van der Waals surface area contributed by atoms with Gasteiger partial charge in [-0.2, -0.15) is 0 Å². The van der Waals surface area contributed by atoms with Crippen molar-refractivity contribution in [1.82, 2.24) is 0 Å². The molecule has 0 spiro atoms. The molecule has 0 heterocycles. The molecule has 0 bridgehead atoms. The first kappa shape index (κ1) is 24.6. The van der Waals surface area contributed by atoms with Crippen LogP contribution in [0.5, 0.6) is 0 Å². The van der Waals surface area contributed by atoms with Gasteiger partial charge in [0.2, 0.25) is 0 Å². The Balaban J connectivity index is 4.80. The number of esters is 1. The quantitative estimate of drug-likeness (QED) is 0.136. The second-order valence-corrected chi connectivity index (χ2v) is 19.1. The van der Waals surface area contributed by atoms with Gasteiger partial charge in [0, 0.05) is 0 Å². The summed E-state index contributed by atoms with van der Waals surface area (Å²) in [6.07, 6.45) is -1.70. The molecule has 0 amide bonds. The monoisotopic (exact) mass is 608 g/mol. The van der Waals surface area contributed by atoms with Crippen LogP contribution in [0.4, 0.5) is 17.6 Å². The summed E-state index contributed by atoms with van der Waals surface area (Å²) in [5.74, 6) is -6.17. The first-order valence-corrected chi connectivity index (χ1v) is 19.5. The van der Waals surface area contributed by atoms with Gasteiger partial charge in [0.05, 0.1) is 0 Å². The maximum atomic E-state index is 13.3. The van der Waals surface area contributed by atoms with Gasteiger partial charge in [-0.1, -0.05) is 0 Å². The minimum absolute atomic E-state index is 0.416. The van der Waals surface area contributed by atoms with Crippen molar-refractivity contribution in [3.63, 3.8) is 0 Å². The van der Waals surface area contributed by atoms with Gasteiger partial charge in [0.1, 0.15) is 0 Å². The fourth-order valence-corrected chi connectivity index (χ4v) is 8.91. The summed E-state index contributed by atoms with van der Waals surface area (Å²) in [6, 6.07) is 0. The number of rotatable bonds is 10. The van der Waals surface area contributed by atoms with Crippen molar-refractivity contribution >= 4 is 55.7 Å². The first-order chi connectivity index (χ1) is 10.6. The van der Waals surface area contributed by atoms with E-state index in [1.54, 1.807) is 0 Å². The van der Waals surface area contributed by atoms with E-state index in [-0.39, 0.29) is 0 Å². The Morgan fingerprint density at radius 3 is 1.83 bits per heavy atom. The zero-order valence-electron chi connectivity index (χ0n) is 13.7. The van der Waals surface area contributed by atoms with Gasteiger partial charge in [0.15, 0.2) is 0 Å². The number of ether oxygens (including phenoxy) is 1. The van der Waals surface area contributed by atoms with Crippen molar-refractivity contribution in [3.05, 3.63) is 0 Å². The molecule has 0 atom stereocenters. The van der Waals surface area contributed by atoms with E-state index in [4.69, 9.17) is 4.55 Å². The second kappa shape index (κ2) is 9.48. The standard InChI is InChI=1S/C12H22F4I2O5S/c1-17(2)7-9(8-18(3)4)10(19)23-6-5-11(13,14)12(15,16)24(20,21)22/h9H,5-8H2,1-4H3,(H,20,21,22). The molecule has 5 nitrogen and oxygen atoms in total. The Kier molecular flexibility index (Phi) is 9.70. The van der Waals surface area contributed by atoms with Crippen molar-refractivity contribution in [2.24, 2.45) is 5.92 Å². The molecule has 0 rings (SSSR count). The average Bonchev–Trinajstić information content (AvgIpc) is 2.34. The summed E-state index contributed by atoms with van der Waals surface area (Å²) in [6.45, 7) is -1.04. The topological polar surface area (TPSA) is 80.7 Å². The van der Waals surface area contributed by atoms with Gasteiger partial charge >= 0.3 is 154 Å². The minimum atomic E-state index is -6.27. The second-order valence-electron chi connectivity index (χ2n) is 5.44. The van der Waals surface area contributed by atoms with Crippen LogP contribution in [0.2, 0.25) is 0 Å². The van der Waals surface area contributed by atoms with Crippen LogP contribution in [0, 0.1) is 5.92 Å². The van der Waals surface area contributed by atoms with Crippen molar-refractivity contribution in [2.75, 3.05) is 35.2 Å². The Morgan fingerprint density at radius 1 is 1.08 bits per heavy atom. The third kappa shape index (κ3) is 7.43. The van der Waals surface area contributed by atoms with Gasteiger partial charge in [-0.3, -0.25) is 0 Å². The van der Waals surface area contributed by atoms with Crippen LogP contribution in [-0.4, -0.2) is 65.3 Å². The molecular weight excluding hydrogens is 586 g/mol. The predicted octanol–water partition coefficient (Wildman–Crippen LogP) is 3.18. The van der Waals surface area contributed by atoms with E-state index < -0.39 is 85.8 Å². The Hall–Kier alpha value is 0.560. The van der Waals surface area contributed by atoms with E-state index >= 15 is 0 Å². The number of alkyl halides is 10. The van der Waals surface area contributed by atoms with E-state index in [1.807, 2.05) is 19.7 Å². The van der Waals surface area contributed by atoms with Crippen molar-refractivity contribution < 1.29 is 40.1 Å². The molecule has 0 aliphatic rings. The van der Waals surface area contributed by atoms with Gasteiger partial charge in [0.25, 0.3) is 0 Å². The SMILES string of the molecule is CI(C)CC(CI(C)C)C(=O)OCCC(F)(F)C(F)(F)S(=O)(=O)O. The van der Waals surface area contributed by atoms with Crippen LogP contribution in [0.3, 0.4) is 0 Å². The molecule has 0 aromatic heterocycles. The predicted molar refractivity (Wildman–Crippen MR) is 102 cm³/mol. The van der Waals surface area contributed by atoms with Crippen molar-refractivity contribution in [1.29, 1.82) is 0 Å². The molecule has 0 radical (unpaired) electrons. The van der Waals surface area contributed by atoms with Crippen LogP contribution in [0.25, 0.3) is 0 Å². The molecule has 0 aliphatic heterocycles. The van der Waals surface area contributed by atoms with Crippen LogP contribution >= 0.6 is 39.6 Å². The Labute approximate surface area is 153 Å². The van der Waals surface area contributed by atoms with Gasteiger partial charge in [-0.05, 0) is 0 Å². The molecule has 24 heavy (non-hydrogen) atoms. The third-order valence-electron chi connectivity index (χ3n) is 2.73. The number of halogens is 6. The molecule has 0 unspecified atom stereocenters. The molecular formula is C12H22F4I2O5S. The summed E-state index contributed by atoms with van der Waals surface area (Å²) in [4.78, 5) is 20.1. The molecule has 0 aromatic carbocycles. The number of carbonyl (C=O) groups is 1. The third-order valence-corrected chi connectivity index (χ3v) is 9.33. The summed E-state index contributed by atoms with van der Waals surface area (Å²) in [7, 11) is -6.27. The maximum absolute atomic E-state index is 13.3. The van der Waals surface area contributed by atoms with E-state index in [9.17, 15) is 30.8 Å². The molecule has 0 aromatic rings. The molecule has 0 aliphatic carbocycles. The molecule has 0 fully saturated rings. The molecule has 1 N–H and O–H groups in total. The zero-order valence-corrected chi connectivity index (χ0v) is 18.8. The normalized spacial score (nSPS) is 14.6. The van der Waals surface area contributed by atoms with Gasteiger partial charge in [-0.25, -0.2) is 0 Å². The Morgan fingerprint density at radius 2 is 1.50 bits per heavy atom. The molecule has 0 saturated carbocycles. The number of hydrogen-bond acceptors (Lipinski definition) is 4. The van der Waals surface area contributed by atoms with E-state index in [0.29, 0.717) is 8.86 Å². The fourth-order valence-electron chi connectivity index (χ4n) is 1.64. The van der Waals surface area contributed by atoms with Crippen LogP contribution < -0.4 is 0 Å². The molecule has 148 valence electrons. The summed E-state index contributed by atoms with van der Waals surface area (Å²) < 4.78 is 87.6. The van der Waals surface area contributed by atoms with Crippen molar-refractivity contribution in [2.45, 2.75) is 17.6 Å². The number of carbonyl (C=O) groups excluding carboxylic acids is 1. The van der Waals surface area contributed by atoms with Crippen LogP contribution in [0.15, 0.2) is 0 Å². The van der Waals surface area contributed by atoms with Crippen LogP contribution in [0.1, 0.15) is 6.42 Å². The molecule has 0 saturated heterocycles. The fraction of sp³-hybridized carbons (Fsp3) is 0.917. The average molecular weight is 608 g/mol. The van der Waals surface area contributed by atoms with E-state index in [2.05, 4.69) is 4.74 Å². The summed E-state index contributed by atoms with van der Waals surface area (Å²) in [5, 5.41) is -5.64. The zero-order chi connectivity index (χ0) is 19.3. The van der Waals surface area contributed by atoms with Gasteiger partial charge < -0.3 is 0 Å². The summed E-state index contributed by atoms with van der Waals surface area (Å²) in [5.41, 5.74) is 0. The van der Waals surface area contributed by atoms with Gasteiger partial charge in [-0.15, -0.1) is 0 Å². The van der Waals surface area contributed by atoms with E-state index in [0.717, 1.165) is 0 Å². The molecule has 12 heteroatoms. The summed E-state index contributed by atoms with van der Waals surface area (Å²) >= 11 is -2.56. The van der Waals surface area contributed by atoms with Crippen LogP contribution in [-0.2, 0) is 19.6 Å². The Bertz CT molecular complexity index is 516. The number of hydrogen-bond donors (Lipinski definition) is 1. The van der Waals surface area contributed by atoms with Crippen molar-refractivity contribution in [3.8, 4) is 0 Å².